The molecule has 5 amide bonds. The van der Waals surface area contributed by atoms with Crippen molar-refractivity contribution in [3.8, 4) is 12.3 Å². The van der Waals surface area contributed by atoms with E-state index in [9.17, 15) is 19.2 Å². The molecule has 0 bridgehead atoms. The summed E-state index contributed by atoms with van der Waals surface area (Å²) in [4.78, 5) is 49.1. The van der Waals surface area contributed by atoms with Gasteiger partial charge in [-0.3, -0.25) is 14.4 Å². The molecule has 1 aromatic carbocycles. The van der Waals surface area contributed by atoms with E-state index >= 15 is 0 Å². The minimum atomic E-state index is -0.938. The van der Waals surface area contributed by atoms with E-state index in [2.05, 4.69) is 27.2 Å². The number of aliphatic hydroxyl groups excluding tert-OH is 1. The van der Waals surface area contributed by atoms with Crippen LogP contribution in [0.1, 0.15) is 38.7 Å². The zero-order chi connectivity index (χ0) is 26.2. The van der Waals surface area contributed by atoms with Crippen molar-refractivity contribution in [2.45, 2.75) is 51.8 Å². The van der Waals surface area contributed by atoms with Crippen molar-refractivity contribution in [3.05, 3.63) is 29.8 Å². The first-order chi connectivity index (χ1) is 16.7. The van der Waals surface area contributed by atoms with Crippen LogP contribution in [0.15, 0.2) is 24.3 Å². The summed E-state index contributed by atoms with van der Waals surface area (Å²) in [6, 6.07) is 4.10. The van der Waals surface area contributed by atoms with Gasteiger partial charge in [-0.05, 0) is 36.5 Å². The molecule has 11 heteroatoms. The van der Waals surface area contributed by atoms with Crippen LogP contribution in [0.25, 0.3) is 0 Å². The third kappa shape index (κ3) is 11.9. The van der Waals surface area contributed by atoms with E-state index in [4.69, 9.17) is 22.0 Å². The number of aliphatic hydroxyl groups is 1. The zero-order valence-electron chi connectivity index (χ0n) is 20.1. The van der Waals surface area contributed by atoms with Crippen molar-refractivity contribution in [1.82, 2.24) is 16.0 Å². The van der Waals surface area contributed by atoms with Crippen LogP contribution in [0.5, 0.6) is 0 Å². The van der Waals surface area contributed by atoms with Crippen LogP contribution in [0.2, 0.25) is 0 Å². The number of ether oxygens (including phenoxy) is 1. The van der Waals surface area contributed by atoms with Gasteiger partial charge in [0.05, 0.1) is 19.6 Å². The molecule has 0 aromatic heterocycles. The van der Waals surface area contributed by atoms with Crippen molar-refractivity contribution in [2.75, 3.05) is 25.1 Å². The number of anilines is 1. The molecule has 192 valence electrons. The molecule has 0 spiro atoms. The van der Waals surface area contributed by atoms with E-state index in [1.54, 1.807) is 38.1 Å². The molecule has 0 saturated carbocycles. The first-order valence-electron chi connectivity index (χ1n) is 11.3. The van der Waals surface area contributed by atoms with Crippen LogP contribution >= 0.6 is 0 Å². The van der Waals surface area contributed by atoms with Gasteiger partial charge in [-0.2, -0.15) is 0 Å². The maximum absolute atomic E-state index is 13.0. The van der Waals surface area contributed by atoms with Gasteiger partial charge in [0.1, 0.15) is 18.7 Å². The number of carbonyl (C=O) groups excluding carboxylic acids is 4. The second kappa shape index (κ2) is 16.1. The lowest BCUT2D eigenvalue weighted by Crippen LogP contribution is -2.54. The SMILES string of the molecule is C#CCOCCC(=O)N[C@H](C(=O)N[C@@H](CCCNC(N)=O)C(=O)Nc1ccc(CO)cc1)C(C)C. The number of nitrogens with two attached hydrogens (primary N) is 1. The van der Waals surface area contributed by atoms with Gasteiger partial charge in [0.25, 0.3) is 0 Å². The van der Waals surface area contributed by atoms with Gasteiger partial charge in [0.2, 0.25) is 17.7 Å². The Labute approximate surface area is 205 Å². The largest absolute Gasteiger partial charge is 0.392 e. The van der Waals surface area contributed by atoms with Gasteiger partial charge < -0.3 is 36.8 Å². The van der Waals surface area contributed by atoms with Gasteiger partial charge in [0, 0.05) is 12.2 Å². The first kappa shape index (κ1) is 29.4. The summed E-state index contributed by atoms with van der Waals surface area (Å²) in [7, 11) is 0. The number of primary amides is 1. The van der Waals surface area contributed by atoms with Crippen LogP contribution in [0, 0.1) is 18.3 Å². The second-order valence-corrected chi connectivity index (χ2v) is 8.13. The number of terminal acetylenes is 1. The Morgan fingerprint density at radius 2 is 1.80 bits per heavy atom. The number of rotatable bonds is 15. The Morgan fingerprint density at radius 3 is 2.37 bits per heavy atom. The molecule has 0 heterocycles. The van der Waals surface area contributed by atoms with Gasteiger partial charge in [0.15, 0.2) is 0 Å². The monoisotopic (exact) mass is 489 g/mol. The highest BCUT2D eigenvalue weighted by Gasteiger charge is 2.28. The van der Waals surface area contributed by atoms with E-state index in [1.165, 1.54) is 0 Å². The number of carbonyl (C=O) groups is 4. The normalized spacial score (nSPS) is 12.2. The number of benzene rings is 1. The summed E-state index contributed by atoms with van der Waals surface area (Å²) in [5.74, 6) is 0.684. The Bertz CT molecular complexity index is 881. The summed E-state index contributed by atoms with van der Waals surface area (Å²) in [5, 5.41) is 19.7. The molecule has 2 atom stereocenters. The molecular weight excluding hydrogens is 454 g/mol. The minimum absolute atomic E-state index is 0.0325. The molecular formula is C24H35N5O6. The molecule has 11 nitrogen and oxygen atoms in total. The Hall–Kier alpha value is -3.62. The summed E-state index contributed by atoms with van der Waals surface area (Å²) in [5.41, 5.74) is 6.24. The Kier molecular flexibility index (Phi) is 13.5. The Morgan fingerprint density at radius 1 is 1.11 bits per heavy atom. The smallest absolute Gasteiger partial charge is 0.312 e. The van der Waals surface area contributed by atoms with Gasteiger partial charge in [-0.15, -0.1) is 6.42 Å². The van der Waals surface area contributed by atoms with Crippen molar-refractivity contribution >= 4 is 29.4 Å². The van der Waals surface area contributed by atoms with Crippen LogP contribution in [0.4, 0.5) is 10.5 Å². The third-order valence-corrected chi connectivity index (χ3v) is 4.93. The highest BCUT2D eigenvalue weighted by Crippen LogP contribution is 2.12. The Balaban J connectivity index is 2.85. The third-order valence-electron chi connectivity index (χ3n) is 4.93. The van der Waals surface area contributed by atoms with Crippen LogP contribution < -0.4 is 27.0 Å². The molecule has 1 rings (SSSR count). The standard InChI is InChI=1S/C24H35N5O6/c1-4-13-35-14-11-20(31)29-21(16(2)3)23(33)28-19(6-5-12-26-24(25)34)22(32)27-18-9-7-17(15-30)8-10-18/h1,7-10,16,19,21,30H,5-6,11-15H2,2-3H3,(H,27,32)(H,28,33)(H,29,31)(H3,25,26,34)/t19-,21-/m0/s1. The molecule has 0 unspecified atom stereocenters. The van der Waals surface area contributed by atoms with Crippen molar-refractivity contribution < 1.29 is 29.0 Å². The summed E-state index contributed by atoms with van der Waals surface area (Å²) >= 11 is 0. The van der Waals surface area contributed by atoms with Crippen molar-refractivity contribution in [3.63, 3.8) is 0 Å². The van der Waals surface area contributed by atoms with Gasteiger partial charge >= 0.3 is 6.03 Å². The van der Waals surface area contributed by atoms with E-state index < -0.39 is 29.9 Å². The topological polar surface area (TPSA) is 172 Å². The van der Waals surface area contributed by atoms with E-state index in [-0.39, 0.29) is 51.0 Å². The van der Waals surface area contributed by atoms with Crippen LogP contribution in [0.3, 0.4) is 0 Å². The van der Waals surface area contributed by atoms with Crippen molar-refractivity contribution in [1.29, 1.82) is 0 Å². The molecule has 0 aliphatic heterocycles. The summed E-state index contributed by atoms with van der Waals surface area (Å²) in [6.45, 7) is 3.85. The minimum Gasteiger partial charge on any atom is -0.392 e. The van der Waals surface area contributed by atoms with E-state index in [0.29, 0.717) is 17.7 Å². The molecule has 7 N–H and O–H groups in total. The van der Waals surface area contributed by atoms with Crippen LogP contribution in [-0.2, 0) is 25.7 Å². The lowest BCUT2D eigenvalue weighted by Gasteiger charge is -2.25. The average molecular weight is 490 g/mol. The zero-order valence-corrected chi connectivity index (χ0v) is 20.1. The maximum atomic E-state index is 13.0. The predicted molar refractivity (Wildman–Crippen MR) is 131 cm³/mol. The molecule has 1 aromatic rings. The first-order valence-corrected chi connectivity index (χ1v) is 11.3. The summed E-state index contributed by atoms with van der Waals surface area (Å²) < 4.78 is 5.09. The number of hydrogen-bond acceptors (Lipinski definition) is 6. The molecule has 0 saturated heterocycles. The maximum Gasteiger partial charge on any atom is 0.312 e. The van der Waals surface area contributed by atoms with E-state index in [1.807, 2.05) is 0 Å². The molecule has 0 aliphatic carbocycles. The number of hydrogen-bond donors (Lipinski definition) is 6. The fourth-order valence-electron chi connectivity index (χ4n) is 3.05. The van der Waals surface area contributed by atoms with Gasteiger partial charge in [-0.25, -0.2) is 4.79 Å². The molecule has 35 heavy (non-hydrogen) atoms. The molecule has 0 aliphatic rings. The fraction of sp³-hybridized carbons (Fsp3) is 0.500. The number of nitrogens with one attached hydrogen (secondary N) is 4. The molecule has 0 radical (unpaired) electrons. The lowest BCUT2D eigenvalue weighted by molar-refractivity contribution is -0.132. The van der Waals surface area contributed by atoms with E-state index in [0.717, 1.165) is 0 Å². The predicted octanol–water partition coefficient (Wildman–Crippen LogP) is 0.231. The second-order valence-electron chi connectivity index (χ2n) is 8.13. The number of amides is 5. The van der Waals surface area contributed by atoms with Crippen LogP contribution in [-0.4, -0.2) is 60.7 Å². The highest BCUT2D eigenvalue weighted by atomic mass is 16.5. The quantitative estimate of drug-likeness (QED) is 0.152. The fourth-order valence-corrected chi connectivity index (χ4v) is 3.05. The highest BCUT2D eigenvalue weighted by molar-refractivity contribution is 5.98. The lowest BCUT2D eigenvalue weighted by atomic mass is 10.0. The molecule has 0 fully saturated rings. The average Bonchev–Trinajstić information content (AvgIpc) is 2.82. The summed E-state index contributed by atoms with van der Waals surface area (Å²) in [6.07, 6.45) is 5.72. The van der Waals surface area contributed by atoms with Gasteiger partial charge in [-0.1, -0.05) is 31.9 Å². The van der Waals surface area contributed by atoms with Crippen molar-refractivity contribution in [2.24, 2.45) is 11.7 Å². The number of urea groups is 1.